The van der Waals surface area contributed by atoms with Gasteiger partial charge in [-0.15, -0.1) is 24.0 Å². The molecule has 10 heteroatoms. The number of ether oxygens (including phenoxy) is 1. The first-order chi connectivity index (χ1) is 12.2. The lowest BCUT2D eigenvalue weighted by Crippen LogP contribution is -2.60. The van der Waals surface area contributed by atoms with Crippen molar-refractivity contribution in [2.45, 2.75) is 25.4 Å². The molecular weight excluding hydrogens is 465 g/mol. The van der Waals surface area contributed by atoms with E-state index in [2.05, 4.69) is 37.5 Å². The van der Waals surface area contributed by atoms with Gasteiger partial charge in [-0.05, 0) is 19.1 Å². The minimum atomic E-state index is 0. The van der Waals surface area contributed by atoms with Crippen LogP contribution in [0.3, 0.4) is 0 Å². The second kappa shape index (κ2) is 10.7. The van der Waals surface area contributed by atoms with Gasteiger partial charge in [0.05, 0.1) is 13.2 Å². The van der Waals surface area contributed by atoms with Crippen molar-refractivity contribution >= 4 is 41.7 Å². The summed E-state index contributed by atoms with van der Waals surface area (Å²) in [4.78, 5) is 11.5. The number of hydrogen-bond acceptors (Lipinski definition) is 6. The van der Waals surface area contributed by atoms with E-state index in [1.165, 1.54) is 17.9 Å². The fraction of sp³-hybridized carbons (Fsp3) is 0.812. The molecule has 2 N–H and O–H groups in total. The maximum atomic E-state index is 5.54. The van der Waals surface area contributed by atoms with Crippen LogP contribution in [0.2, 0.25) is 0 Å². The van der Waals surface area contributed by atoms with Gasteiger partial charge in [-0.25, -0.2) is 9.98 Å². The lowest BCUT2D eigenvalue weighted by molar-refractivity contribution is -0.0120. The molecule has 3 heterocycles. The van der Waals surface area contributed by atoms with Crippen molar-refractivity contribution in [1.29, 1.82) is 0 Å². The molecule has 3 rings (SSSR count). The third-order valence-corrected chi connectivity index (χ3v) is 6.11. The summed E-state index contributed by atoms with van der Waals surface area (Å²) in [6.45, 7) is 8.08. The summed E-state index contributed by atoms with van der Waals surface area (Å²) in [6.07, 6.45) is 2.78. The van der Waals surface area contributed by atoms with E-state index in [-0.39, 0.29) is 29.5 Å². The summed E-state index contributed by atoms with van der Waals surface area (Å²) in [7, 11) is 1.89. The van der Waals surface area contributed by atoms with Crippen molar-refractivity contribution < 1.29 is 4.74 Å². The van der Waals surface area contributed by atoms with Crippen molar-refractivity contribution in [2.24, 2.45) is 12.0 Å². The highest BCUT2D eigenvalue weighted by molar-refractivity contribution is 14.0. The van der Waals surface area contributed by atoms with E-state index in [1.807, 2.05) is 18.8 Å². The van der Waals surface area contributed by atoms with Crippen LogP contribution in [0.15, 0.2) is 11.3 Å². The average Bonchev–Trinajstić information content (AvgIpc) is 3.28. The predicted octanol–water partition coefficient (Wildman–Crippen LogP) is 0.696. The van der Waals surface area contributed by atoms with Crippen LogP contribution in [-0.2, 0) is 18.3 Å². The summed E-state index contributed by atoms with van der Waals surface area (Å²) in [5.41, 5.74) is 0.204. The Morgan fingerprint density at radius 1 is 1.38 bits per heavy atom. The molecular formula is C16H30IN7OS. The number of halogens is 1. The lowest BCUT2D eigenvalue weighted by Gasteiger charge is -2.43. The Labute approximate surface area is 176 Å². The number of guanidine groups is 1. The molecule has 0 radical (unpaired) electrons. The number of morpholine rings is 1. The smallest absolute Gasteiger partial charge is 0.191 e. The fourth-order valence-corrected chi connectivity index (χ4v) is 4.82. The molecule has 0 amide bonds. The van der Waals surface area contributed by atoms with Gasteiger partial charge in [0, 0.05) is 44.5 Å². The molecule has 0 saturated carbocycles. The Hall–Kier alpha value is -0.590. The van der Waals surface area contributed by atoms with Gasteiger partial charge in [0.25, 0.3) is 0 Å². The highest BCUT2D eigenvalue weighted by atomic mass is 127. The SMILES string of the molecule is CCNC(=NCc1ncnn1C)NCC1(N2CCOCC2)CCSC1.I. The number of rotatable bonds is 6. The first kappa shape index (κ1) is 21.7. The second-order valence-electron chi connectivity index (χ2n) is 6.47. The van der Waals surface area contributed by atoms with Gasteiger partial charge in [0.1, 0.15) is 18.7 Å². The molecule has 1 atom stereocenters. The van der Waals surface area contributed by atoms with E-state index in [0.29, 0.717) is 6.54 Å². The molecule has 26 heavy (non-hydrogen) atoms. The molecule has 0 bridgehead atoms. The normalized spacial score (nSPS) is 24.3. The average molecular weight is 495 g/mol. The largest absolute Gasteiger partial charge is 0.379 e. The second-order valence-corrected chi connectivity index (χ2v) is 7.58. The summed E-state index contributed by atoms with van der Waals surface area (Å²) in [5, 5.41) is 11.0. The monoisotopic (exact) mass is 495 g/mol. The molecule has 2 fully saturated rings. The van der Waals surface area contributed by atoms with Gasteiger partial charge in [-0.2, -0.15) is 16.9 Å². The molecule has 0 aliphatic carbocycles. The predicted molar refractivity (Wildman–Crippen MR) is 116 cm³/mol. The van der Waals surface area contributed by atoms with E-state index in [0.717, 1.165) is 51.2 Å². The van der Waals surface area contributed by atoms with E-state index in [9.17, 15) is 0 Å². The Bertz CT molecular complexity index is 571. The number of nitrogens with one attached hydrogen (secondary N) is 2. The van der Waals surface area contributed by atoms with Crippen LogP contribution >= 0.6 is 35.7 Å². The van der Waals surface area contributed by atoms with Crippen LogP contribution < -0.4 is 10.6 Å². The van der Waals surface area contributed by atoms with Crippen molar-refractivity contribution in [1.82, 2.24) is 30.3 Å². The molecule has 1 unspecified atom stereocenters. The highest BCUT2D eigenvalue weighted by Gasteiger charge is 2.40. The van der Waals surface area contributed by atoms with Crippen molar-refractivity contribution in [3.05, 3.63) is 12.2 Å². The van der Waals surface area contributed by atoms with E-state index < -0.39 is 0 Å². The molecule has 8 nitrogen and oxygen atoms in total. The topological polar surface area (TPSA) is 79.6 Å². The molecule has 148 valence electrons. The number of aryl methyl sites for hydroxylation is 1. The van der Waals surface area contributed by atoms with Gasteiger partial charge < -0.3 is 15.4 Å². The standard InChI is InChI=1S/C16H29N7OS.HI/c1-3-17-15(18-10-14-20-13-21-22(14)2)19-11-16(4-9-25-12-16)23-5-7-24-8-6-23;/h13H,3-12H2,1-2H3,(H2,17,18,19);1H. The Morgan fingerprint density at radius 2 is 2.19 bits per heavy atom. The maximum absolute atomic E-state index is 5.54. The highest BCUT2D eigenvalue weighted by Crippen LogP contribution is 2.33. The molecule has 0 aromatic carbocycles. The third kappa shape index (κ3) is 5.46. The quantitative estimate of drug-likeness (QED) is 0.342. The number of thioether (sulfide) groups is 1. The number of aromatic nitrogens is 3. The van der Waals surface area contributed by atoms with Gasteiger partial charge >= 0.3 is 0 Å². The number of aliphatic imine (C=N–C) groups is 1. The Balaban J connectivity index is 0.00000243. The van der Waals surface area contributed by atoms with Crippen LogP contribution in [0.25, 0.3) is 0 Å². The van der Waals surface area contributed by atoms with Gasteiger partial charge in [0.15, 0.2) is 5.96 Å². The minimum Gasteiger partial charge on any atom is -0.379 e. The van der Waals surface area contributed by atoms with E-state index in [4.69, 9.17) is 4.74 Å². The molecule has 1 aromatic heterocycles. The summed E-state index contributed by atoms with van der Waals surface area (Å²) in [6, 6.07) is 0. The molecule has 2 aliphatic heterocycles. The van der Waals surface area contributed by atoms with E-state index >= 15 is 0 Å². The number of hydrogen-bond donors (Lipinski definition) is 2. The van der Waals surface area contributed by atoms with Crippen LogP contribution in [-0.4, -0.2) is 82.1 Å². The summed E-state index contributed by atoms with van der Waals surface area (Å²) < 4.78 is 7.30. The molecule has 1 aromatic rings. The number of nitrogens with zero attached hydrogens (tertiary/aromatic N) is 5. The van der Waals surface area contributed by atoms with Crippen molar-refractivity contribution in [3.8, 4) is 0 Å². The zero-order valence-electron chi connectivity index (χ0n) is 15.6. The first-order valence-electron chi connectivity index (χ1n) is 8.99. The zero-order valence-corrected chi connectivity index (χ0v) is 18.8. The van der Waals surface area contributed by atoms with Crippen molar-refractivity contribution in [3.63, 3.8) is 0 Å². The first-order valence-corrected chi connectivity index (χ1v) is 10.1. The Kier molecular flexibility index (Phi) is 8.91. The van der Waals surface area contributed by atoms with Crippen LogP contribution in [0, 0.1) is 0 Å². The Morgan fingerprint density at radius 3 is 2.81 bits per heavy atom. The molecule has 2 saturated heterocycles. The van der Waals surface area contributed by atoms with Crippen molar-refractivity contribution in [2.75, 3.05) is 50.9 Å². The summed E-state index contributed by atoms with van der Waals surface area (Å²) in [5.74, 6) is 4.10. The molecule has 0 spiro atoms. The summed E-state index contributed by atoms with van der Waals surface area (Å²) >= 11 is 2.05. The van der Waals surface area contributed by atoms with Gasteiger partial charge in [-0.3, -0.25) is 9.58 Å². The third-order valence-electron chi connectivity index (χ3n) is 4.88. The zero-order chi connectivity index (χ0) is 17.5. The van der Waals surface area contributed by atoms with Crippen LogP contribution in [0.5, 0.6) is 0 Å². The lowest BCUT2D eigenvalue weighted by atomic mass is 9.95. The van der Waals surface area contributed by atoms with Crippen LogP contribution in [0.4, 0.5) is 0 Å². The van der Waals surface area contributed by atoms with E-state index in [1.54, 1.807) is 11.0 Å². The fourth-order valence-electron chi connectivity index (χ4n) is 3.34. The van der Waals surface area contributed by atoms with Crippen LogP contribution in [0.1, 0.15) is 19.2 Å². The minimum absolute atomic E-state index is 0. The molecule has 2 aliphatic rings. The maximum Gasteiger partial charge on any atom is 0.191 e. The van der Waals surface area contributed by atoms with Gasteiger partial charge in [-0.1, -0.05) is 0 Å². The van der Waals surface area contributed by atoms with Gasteiger partial charge in [0.2, 0.25) is 0 Å².